The summed E-state index contributed by atoms with van der Waals surface area (Å²) in [6.45, 7) is 0. The fraction of sp³-hybridized carbons (Fsp3) is 0.0714. The maximum Gasteiger partial charge on any atom is 0.250 e. The lowest BCUT2D eigenvalue weighted by Gasteiger charge is -1.99. The molecule has 102 valence electrons. The van der Waals surface area contributed by atoms with Gasteiger partial charge in [-0.25, -0.2) is 10.4 Å². The van der Waals surface area contributed by atoms with Crippen molar-refractivity contribution in [3.05, 3.63) is 58.7 Å². The molecule has 1 N–H and O–H groups in total. The minimum atomic E-state index is -0.158. The second-order valence-electron chi connectivity index (χ2n) is 3.80. The second kappa shape index (κ2) is 7.81. The molecule has 0 atom stereocenters. The maximum absolute atomic E-state index is 11.6. The quantitative estimate of drug-likeness (QED) is 0.512. The van der Waals surface area contributed by atoms with Crippen LogP contribution in [0.25, 0.3) is 0 Å². The number of amides is 1. The third-order valence-corrected chi connectivity index (χ3v) is 3.73. The van der Waals surface area contributed by atoms with Crippen LogP contribution in [0, 0.1) is 0 Å². The lowest BCUT2D eigenvalue weighted by Crippen LogP contribution is -2.19. The molecule has 0 unspecified atom stereocenters. The van der Waals surface area contributed by atoms with E-state index in [1.165, 1.54) is 11.8 Å². The lowest BCUT2D eigenvalue weighted by molar-refractivity contribution is -0.118. The van der Waals surface area contributed by atoms with E-state index in [2.05, 4.69) is 31.4 Å². The molecule has 0 aliphatic rings. The first-order valence-corrected chi connectivity index (χ1v) is 7.63. The zero-order valence-electron chi connectivity index (χ0n) is 10.5. The van der Waals surface area contributed by atoms with Gasteiger partial charge in [-0.05, 0) is 29.8 Å². The molecule has 2 aromatic rings. The van der Waals surface area contributed by atoms with Crippen molar-refractivity contribution in [2.24, 2.45) is 5.10 Å². The van der Waals surface area contributed by atoms with Crippen molar-refractivity contribution in [3.63, 3.8) is 0 Å². The maximum atomic E-state index is 11.6. The number of thioether (sulfide) groups is 1. The highest BCUT2D eigenvalue weighted by Crippen LogP contribution is 2.13. The average molecular weight is 350 g/mol. The number of carbonyl (C=O) groups excluding carboxylic acids is 1. The summed E-state index contributed by atoms with van der Waals surface area (Å²) < 4.78 is 1.01. The Balaban J connectivity index is 1.76. The zero-order valence-corrected chi connectivity index (χ0v) is 12.9. The first-order chi connectivity index (χ1) is 9.74. The van der Waals surface area contributed by atoms with Crippen molar-refractivity contribution >= 4 is 39.8 Å². The van der Waals surface area contributed by atoms with E-state index >= 15 is 0 Å². The molecule has 0 aliphatic carbocycles. The normalized spacial score (nSPS) is 10.7. The van der Waals surface area contributed by atoms with Crippen molar-refractivity contribution in [1.82, 2.24) is 10.4 Å². The van der Waals surface area contributed by atoms with Crippen LogP contribution in [0.3, 0.4) is 0 Å². The van der Waals surface area contributed by atoms with Gasteiger partial charge < -0.3 is 0 Å². The van der Waals surface area contributed by atoms with E-state index in [9.17, 15) is 4.79 Å². The Morgan fingerprint density at radius 2 is 2.10 bits per heavy atom. The summed E-state index contributed by atoms with van der Waals surface area (Å²) in [5.41, 5.74) is 3.41. The first kappa shape index (κ1) is 14.7. The molecular weight excluding hydrogens is 338 g/mol. The minimum absolute atomic E-state index is 0.158. The number of halogens is 1. The van der Waals surface area contributed by atoms with Crippen molar-refractivity contribution in [1.29, 1.82) is 0 Å². The largest absolute Gasteiger partial charge is 0.272 e. The summed E-state index contributed by atoms with van der Waals surface area (Å²) in [5, 5.41) is 4.73. The van der Waals surface area contributed by atoms with Gasteiger partial charge in [0.05, 0.1) is 17.0 Å². The predicted molar refractivity (Wildman–Crippen MR) is 84.8 cm³/mol. The average Bonchev–Trinajstić information content (AvgIpc) is 2.48. The van der Waals surface area contributed by atoms with E-state index in [1.807, 2.05) is 42.5 Å². The lowest BCUT2D eigenvalue weighted by atomic mass is 10.2. The molecule has 0 saturated carbocycles. The van der Waals surface area contributed by atoms with Crippen LogP contribution in [-0.2, 0) is 4.79 Å². The Kier molecular flexibility index (Phi) is 5.76. The summed E-state index contributed by atoms with van der Waals surface area (Å²) >= 11 is 4.73. The number of hydrogen-bond donors (Lipinski definition) is 1. The molecule has 2 rings (SSSR count). The van der Waals surface area contributed by atoms with Crippen LogP contribution in [-0.4, -0.2) is 22.9 Å². The molecule has 0 saturated heterocycles. The molecule has 0 bridgehead atoms. The third kappa shape index (κ3) is 5.14. The van der Waals surface area contributed by atoms with Gasteiger partial charge in [0, 0.05) is 10.7 Å². The van der Waals surface area contributed by atoms with Gasteiger partial charge in [0.15, 0.2) is 0 Å². The van der Waals surface area contributed by atoms with Crippen LogP contribution >= 0.6 is 27.7 Å². The fourth-order valence-corrected chi connectivity index (χ4v) is 2.25. The van der Waals surface area contributed by atoms with E-state index in [0.29, 0.717) is 0 Å². The predicted octanol–water partition coefficient (Wildman–Crippen LogP) is 3.09. The van der Waals surface area contributed by atoms with E-state index in [0.717, 1.165) is 15.1 Å². The zero-order chi connectivity index (χ0) is 14.2. The van der Waals surface area contributed by atoms with Crippen molar-refractivity contribution in [2.75, 3.05) is 5.75 Å². The summed E-state index contributed by atoms with van der Waals surface area (Å²) in [5.74, 6) is 0.128. The molecule has 20 heavy (non-hydrogen) atoms. The molecule has 0 radical (unpaired) electrons. The van der Waals surface area contributed by atoms with Gasteiger partial charge >= 0.3 is 0 Å². The molecule has 0 spiro atoms. The number of nitrogens with one attached hydrogen (secondary N) is 1. The number of nitrogens with zero attached hydrogens (tertiary/aromatic N) is 2. The highest BCUT2D eigenvalue weighted by Gasteiger charge is 2.01. The van der Waals surface area contributed by atoms with E-state index < -0.39 is 0 Å². The number of hydrazone groups is 1. The monoisotopic (exact) mass is 349 g/mol. The Hall–Kier alpha value is -1.66. The summed E-state index contributed by atoms with van der Waals surface area (Å²) in [7, 11) is 0. The molecule has 0 aliphatic heterocycles. The van der Waals surface area contributed by atoms with Crippen molar-refractivity contribution < 1.29 is 4.79 Å². The van der Waals surface area contributed by atoms with Crippen LogP contribution in [0.5, 0.6) is 0 Å². The number of pyridine rings is 1. The number of hydrogen-bond acceptors (Lipinski definition) is 4. The van der Waals surface area contributed by atoms with Crippen LogP contribution < -0.4 is 5.43 Å². The van der Waals surface area contributed by atoms with Crippen LogP contribution in [0.15, 0.2) is 63.3 Å². The molecule has 1 heterocycles. The van der Waals surface area contributed by atoms with E-state index in [4.69, 9.17) is 0 Å². The van der Waals surface area contributed by atoms with Gasteiger partial charge in [0.2, 0.25) is 5.91 Å². The van der Waals surface area contributed by atoms with Gasteiger partial charge in [-0.15, -0.1) is 0 Å². The van der Waals surface area contributed by atoms with Crippen LogP contribution in [0.1, 0.15) is 5.56 Å². The van der Waals surface area contributed by atoms with Crippen molar-refractivity contribution in [2.45, 2.75) is 5.03 Å². The molecule has 6 heteroatoms. The standard InChI is InChI=1S/C14H12BrN3OS/c15-12-6-4-11(5-7-12)9-17-18-13(19)10-20-14-3-1-2-8-16-14/h1-9H,10H2,(H,18,19)/b17-9-. The van der Waals surface area contributed by atoms with E-state index in [1.54, 1.807) is 12.4 Å². The summed E-state index contributed by atoms with van der Waals surface area (Å²) in [6.07, 6.45) is 3.31. The van der Waals surface area contributed by atoms with Gasteiger partial charge in [-0.1, -0.05) is 45.9 Å². The molecule has 1 amide bonds. The molecular formula is C14H12BrN3OS. The molecule has 1 aromatic carbocycles. The van der Waals surface area contributed by atoms with Crippen LogP contribution in [0.2, 0.25) is 0 Å². The Bertz CT molecular complexity index is 587. The summed E-state index contributed by atoms with van der Waals surface area (Å²) in [4.78, 5) is 15.7. The fourth-order valence-electron chi connectivity index (χ4n) is 1.33. The molecule has 0 fully saturated rings. The Morgan fingerprint density at radius 3 is 2.80 bits per heavy atom. The van der Waals surface area contributed by atoms with Crippen molar-refractivity contribution in [3.8, 4) is 0 Å². The second-order valence-corrected chi connectivity index (χ2v) is 5.71. The minimum Gasteiger partial charge on any atom is -0.272 e. The van der Waals surface area contributed by atoms with E-state index in [-0.39, 0.29) is 11.7 Å². The van der Waals surface area contributed by atoms with Gasteiger partial charge in [-0.2, -0.15) is 5.10 Å². The van der Waals surface area contributed by atoms with Gasteiger partial charge in [0.25, 0.3) is 0 Å². The smallest absolute Gasteiger partial charge is 0.250 e. The highest BCUT2D eigenvalue weighted by molar-refractivity contribution is 9.10. The van der Waals surface area contributed by atoms with Gasteiger partial charge in [0.1, 0.15) is 0 Å². The number of rotatable bonds is 5. The SMILES string of the molecule is O=C(CSc1ccccn1)N/N=C\c1ccc(Br)cc1. The summed E-state index contributed by atoms with van der Waals surface area (Å²) in [6, 6.07) is 13.2. The molecule has 4 nitrogen and oxygen atoms in total. The first-order valence-electron chi connectivity index (χ1n) is 5.85. The topological polar surface area (TPSA) is 54.4 Å². The Labute approximate surface area is 129 Å². The Morgan fingerprint density at radius 1 is 1.30 bits per heavy atom. The molecule has 1 aromatic heterocycles. The van der Waals surface area contributed by atoms with Crippen LogP contribution in [0.4, 0.5) is 0 Å². The highest BCUT2D eigenvalue weighted by atomic mass is 79.9. The third-order valence-electron chi connectivity index (χ3n) is 2.26. The number of benzene rings is 1. The van der Waals surface area contributed by atoms with Gasteiger partial charge in [-0.3, -0.25) is 4.79 Å². The number of aromatic nitrogens is 1. The number of carbonyl (C=O) groups is 1.